The van der Waals surface area contributed by atoms with Gasteiger partial charge in [-0.1, -0.05) is 0 Å². The van der Waals surface area contributed by atoms with Crippen LogP contribution in [0.1, 0.15) is 11.1 Å². The summed E-state index contributed by atoms with van der Waals surface area (Å²) in [7, 11) is 0. The van der Waals surface area contributed by atoms with Gasteiger partial charge in [0.2, 0.25) is 0 Å². The monoisotopic (exact) mass is 243 g/mol. The van der Waals surface area contributed by atoms with Gasteiger partial charge in [0, 0.05) is 18.5 Å². The first-order chi connectivity index (χ1) is 7.93. The molecule has 1 aliphatic rings. The van der Waals surface area contributed by atoms with Gasteiger partial charge >= 0.3 is 6.09 Å². The molecule has 2 rings (SSSR count). The van der Waals surface area contributed by atoms with Crippen molar-refractivity contribution in [1.29, 1.82) is 0 Å². The molecule has 0 saturated carbocycles. The van der Waals surface area contributed by atoms with E-state index in [4.69, 9.17) is 10.2 Å². The minimum absolute atomic E-state index is 0.0657. The molecule has 0 bridgehead atoms. The molecule has 0 saturated heterocycles. The number of alkyl halides is 1. The third-order valence-electron chi connectivity index (χ3n) is 2.82. The molecule has 6 heteroatoms. The Morgan fingerprint density at radius 1 is 1.47 bits per heavy atom. The van der Waals surface area contributed by atoms with E-state index >= 15 is 0 Å². The van der Waals surface area contributed by atoms with Crippen molar-refractivity contribution in [2.24, 2.45) is 0 Å². The van der Waals surface area contributed by atoms with E-state index in [1.807, 2.05) is 5.32 Å². The largest absolute Gasteiger partial charge is 0.465 e. The fourth-order valence-electron chi connectivity index (χ4n) is 2.08. The lowest BCUT2D eigenvalue weighted by molar-refractivity contribution is 0.0803. The number of hydrogen-bond donors (Lipinski definition) is 3. The zero-order chi connectivity index (χ0) is 12.6. The lowest BCUT2D eigenvalue weighted by Gasteiger charge is -2.14. The van der Waals surface area contributed by atoms with Gasteiger partial charge in [-0.05, 0) is 23.3 Å². The van der Waals surface area contributed by atoms with Gasteiger partial charge in [-0.2, -0.15) is 0 Å². The number of aliphatic hydroxyl groups excluding tert-OH is 1. The number of aliphatic hydroxyl groups is 1. The van der Waals surface area contributed by atoms with Crippen LogP contribution in [-0.4, -0.2) is 28.6 Å². The minimum atomic E-state index is -1.84. The molecule has 0 fully saturated rings. The van der Waals surface area contributed by atoms with Gasteiger partial charge in [0.05, 0.1) is 6.61 Å². The Balaban J connectivity index is 2.35. The third kappa shape index (κ3) is 2.21. The SMILES string of the molecule is O=C(O)Nc1cc(F)c2c(c1)CC(F)(CO)C2. The number of rotatable bonds is 2. The highest BCUT2D eigenvalue weighted by Gasteiger charge is 2.38. The number of amides is 1. The van der Waals surface area contributed by atoms with Crippen LogP contribution >= 0.6 is 0 Å². The highest BCUT2D eigenvalue weighted by Crippen LogP contribution is 2.36. The first kappa shape index (κ1) is 11.8. The number of benzene rings is 1. The van der Waals surface area contributed by atoms with Crippen molar-refractivity contribution in [2.75, 3.05) is 11.9 Å². The molecule has 17 heavy (non-hydrogen) atoms. The van der Waals surface area contributed by atoms with Crippen molar-refractivity contribution < 1.29 is 23.8 Å². The van der Waals surface area contributed by atoms with E-state index in [0.717, 1.165) is 6.07 Å². The van der Waals surface area contributed by atoms with Gasteiger partial charge in [-0.3, -0.25) is 5.32 Å². The second-order valence-corrected chi connectivity index (χ2v) is 4.19. The molecule has 4 nitrogen and oxygen atoms in total. The molecule has 0 radical (unpaired) electrons. The first-order valence-corrected chi connectivity index (χ1v) is 5.04. The summed E-state index contributed by atoms with van der Waals surface area (Å²) < 4.78 is 27.5. The number of carboxylic acid groups (broad SMARTS) is 1. The van der Waals surface area contributed by atoms with Crippen LogP contribution in [0.5, 0.6) is 0 Å². The average Bonchev–Trinajstić information content (AvgIpc) is 2.55. The van der Waals surface area contributed by atoms with E-state index in [1.54, 1.807) is 0 Å². The van der Waals surface area contributed by atoms with Gasteiger partial charge < -0.3 is 10.2 Å². The lowest BCUT2D eigenvalue weighted by atomic mass is 10.0. The molecule has 92 valence electrons. The van der Waals surface area contributed by atoms with Crippen molar-refractivity contribution in [3.63, 3.8) is 0 Å². The van der Waals surface area contributed by atoms with Crippen molar-refractivity contribution in [1.82, 2.24) is 0 Å². The fraction of sp³-hybridized carbons (Fsp3) is 0.364. The molecule has 0 aromatic heterocycles. The molecule has 1 unspecified atom stereocenters. The van der Waals surface area contributed by atoms with Gasteiger partial charge in [-0.15, -0.1) is 0 Å². The number of carbonyl (C=O) groups is 1. The summed E-state index contributed by atoms with van der Waals surface area (Å²) in [5.74, 6) is -0.653. The smallest absolute Gasteiger partial charge is 0.409 e. The van der Waals surface area contributed by atoms with Crippen molar-refractivity contribution in [3.05, 3.63) is 29.1 Å². The second-order valence-electron chi connectivity index (χ2n) is 4.19. The van der Waals surface area contributed by atoms with Gasteiger partial charge in [-0.25, -0.2) is 13.6 Å². The molecule has 3 N–H and O–H groups in total. The quantitative estimate of drug-likeness (QED) is 0.740. The topological polar surface area (TPSA) is 69.6 Å². The van der Waals surface area contributed by atoms with Crippen LogP contribution in [0.3, 0.4) is 0 Å². The summed E-state index contributed by atoms with van der Waals surface area (Å²) in [4.78, 5) is 10.4. The molecule has 1 atom stereocenters. The summed E-state index contributed by atoms with van der Waals surface area (Å²) in [6.07, 6.45) is -1.60. The Bertz CT molecular complexity index is 478. The van der Waals surface area contributed by atoms with E-state index in [9.17, 15) is 13.6 Å². The predicted octanol–water partition coefficient (Wildman–Crippen LogP) is 1.71. The van der Waals surface area contributed by atoms with Crippen LogP contribution < -0.4 is 5.32 Å². The number of anilines is 1. The Hall–Kier alpha value is -1.69. The van der Waals surface area contributed by atoms with Crippen molar-refractivity contribution in [2.45, 2.75) is 18.5 Å². The Morgan fingerprint density at radius 3 is 2.76 bits per heavy atom. The molecule has 1 aromatic carbocycles. The van der Waals surface area contributed by atoms with E-state index < -0.39 is 24.2 Å². The van der Waals surface area contributed by atoms with Crippen LogP contribution in [0, 0.1) is 5.82 Å². The van der Waals surface area contributed by atoms with E-state index in [-0.39, 0.29) is 24.1 Å². The van der Waals surface area contributed by atoms with Gasteiger partial charge in [0.1, 0.15) is 11.5 Å². The minimum Gasteiger partial charge on any atom is -0.465 e. The van der Waals surface area contributed by atoms with Crippen molar-refractivity contribution in [3.8, 4) is 0 Å². The molecular weight excluding hydrogens is 232 g/mol. The molecule has 0 heterocycles. The number of hydrogen-bond acceptors (Lipinski definition) is 2. The Labute approximate surface area is 95.9 Å². The lowest BCUT2D eigenvalue weighted by Crippen LogP contribution is -2.28. The maximum absolute atomic E-state index is 13.9. The fourth-order valence-corrected chi connectivity index (χ4v) is 2.08. The second kappa shape index (κ2) is 3.96. The highest BCUT2D eigenvalue weighted by atomic mass is 19.1. The standard InChI is InChI=1S/C11H11F2NO3/c12-9-2-7(14-10(16)17)1-6-3-11(13,5-15)4-8(6)9/h1-2,14-15H,3-5H2,(H,16,17). The average molecular weight is 243 g/mol. The van der Waals surface area contributed by atoms with Crippen LogP contribution in [0.4, 0.5) is 19.3 Å². The van der Waals surface area contributed by atoms with E-state index in [2.05, 4.69) is 0 Å². The summed E-state index contributed by atoms with van der Waals surface area (Å²) in [6.45, 7) is -0.678. The predicted molar refractivity (Wildman–Crippen MR) is 56.4 cm³/mol. The third-order valence-corrected chi connectivity index (χ3v) is 2.82. The van der Waals surface area contributed by atoms with Crippen molar-refractivity contribution >= 4 is 11.8 Å². The molecule has 0 aliphatic heterocycles. The van der Waals surface area contributed by atoms with Crippen LogP contribution in [-0.2, 0) is 12.8 Å². The zero-order valence-corrected chi connectivity index (χ0v) is 8.83. The Morgan fingerprint density at radius 2 is 2.18 bits per heavy atom. The van der Waals surface area contributed by atoms with Crippen LogP contribution in [0.2, 0.25) is 0 Å². The molecule has 0 spiro atoms. The van der Waals surface area contributed by atoms with E-state index in [0.29, 0.717) is 5.56 Å². The van der Waals surface area contributed by atoms with Gasteiger partial charge in [0.25, 0.3) is 0 Å². The number of nitrogens with one attached hydrogen (secondary N) is 1. The highest BCUT2D eigenvalue weighted by molar-refractivity contribution is 5.83. The van der Waals surface area contributed by atoms with Gasteiger partial charge in [0.15, 0.2) is 0 Å². The molecular formula is C11H11F2NO3. The van der Waals surface area contributed by atoms with Crippen LogP contribution in [0.15, 0.2) is 12.1 Å². The summed E-state index contributed by atoms with van der Waals surface area (Å²) in [5.41, 5.74) is -1.18. The summed E-state index contributed by atoms with van der Waals surface area (Å²) in [6, 6.07) is 2.40. The van der Waals surface area contributed by atoms with E-state index in [1.165, 1.54) is 6.07 Å². The summed E-state index contributed by atoms with van der Waals surface area (Å²) >= 11 is 0. The molecule has 1 aliphatic carbocycles. The number of fused-ring (bicyclic) bond motifs is 1. The number of halogens is 2. The normalized spacial score (nSPS) is 22.3. The Kier molecular flexibility index (Phi) is 2.74. The zero-order valence-electron chi connectivity index (χ0n) is 8.83. The van der Waals surface area contributed by atoms with Crippen LogP contribution in [0.25, 0.3) is 0 Å². The molecule has 1 amide bonds. The maximum atomic E-state index is 13.9. The summed E-state index contributed by atoms with van der Waals surface area (Å²) in [5, 5.41) is 19.4. The maximum Gasteiger partial charge on any atom is 0.409 e. The first-order valence-electron chi connectivity index (χ1n) is 5.04. The molecule has 1 aromatic rings.